The van der Waals surface area contributed by atoms with Gasteiger partial charge in [0.15, 0.2) is 0 Å². The number of benzene rings is 2. The average molecular weight is 348 g/mol. The molecule has 2 aromatic carbocycles. The highest BCUT2D eigenvalue weighted by molar-refractivity contribution is 5.91. The van der Waals surface area contributed by atoms with Gasteiger partial charge in [-0.3, -0.25) is 4.79 Å². The zero-order valence-corrected chi connectivity index (χ0v) is 16.0. The molecule has 3 heteroatoms. The molecule has 3 nitrogen and oxygen atoms in total. The van der Waals surface area contributed by atoms with E-state index >= 15 is 0 Å². The van der Waals surface area contributed by atoms with Crippen LogP contribution in [0.3, 0.4) is 0 Å². The van der Waals surface area contributed by atoms with Crippen molar-refractivity contribution < 1.29 is 4.79 Å². The summed E-state index contributed by atoms with van der Waals surface area (Å²) in [4.78, 5) is 14.7. The van der Waals surface area contributed by atoms with Crippen LogP contribution in [0, 0.1) is 11.8 Å². The van der Waals surface area contributed by atoms with Crippen molar-refractivity contribution in [3.05, 3.63) is 83.7 Å². The lowest BCUT2D eigenvalue weighted by Crippen LogP contribution is -2.53. The van der Waals surface area contributed by atoms with Gasteiger partial charge in [0.25, 0.3) is 0 Å². The second-order valence-electron chi connectivity index (χ2n) is 7.38. The Morgan fingerprint density at radius 2 is 1.42 bits per heavy atom. The Kier molecular flexibility index (Phi) is 5.46. The molecule has 0 bridgehead atoms. The molecule has 1 amide bonds. The summed E-state index contributed by atoms with van der Waals surface area (Å²) in [5.74, 6) is 0.482. The molecule has 1 saturated heterocycles. The van der Waals surface area contributed by atoms with Crippen LogP contribution in [0.1, 0.15) is 50.9 Å². The van der Waals surface area contributed by atoms with Crippen molar-refractivity contribution in [1.82, 2.24) is 10.2 Å². The number of hydrogen-bond donors (Lipinski definition) is 1. The van der Waals surface area contributed by atoms with Crippen molar-refractivity contribution in [2.45, 2.75) is 39.8 Å². The van der Waals surface area contributed by atoms with Gasteiger partial charge in [-0.25, -0.2) is 0 Å². The number of rotatable bonds is 6. The molecule has 3 rings (SSSR count). The molecule has 3 atom stereocenters. The first-order chi connectivity index (χ1) is 12.5. The summed E-state index contributed by atoms with van der Waals surface area (Å²) in [6.07, 6.45) is 2.04. The van der Waals surface area contributed by atoms with Crippen LogP contribution >= 0.6 is 0 Å². The Hall–Kier alpha value is -2.55. The van der Waals surface area contributed by atoms with Crippen molar-refractivity contribution in [2.75, 3.05) is 0 Å². The SMILES string of the molecule is CC(C)[C@@H]1C(=O)N([C@@H](C)c2ccccc2)C1=CN[C@@H](C)c1ccccc1. The molecule has 1 heterocycles. The number of nitrogens with zero attached hydrogens (tertiary/aromatic N) is 1. The number of likely N-dealkylation sites (tertiary alicyclic amines) is 1. The third-order valence-electron chi connectivity index (χ3n) is 5.22. The lowest BCUT2D eigenvalue weighted by atomic mass is 9.81. The Morgan fingerprint density at radius 1 is 0.885 bits per heavy atom. The first-order valence-corrected chi connectivity index (χ1v) is 9.39. The predicted octanol–water partition coefficient (Wildman–Crippen LogP) is 5.05. The number of carbonyl (C=O) groups is 1. The smallest absolute Gasteiger partial charge is 0.236 e. The molecular formula is C23H28N2O. The van der Waals surface area contributed by atoms with E-state index in [-0.39, 0.29) is 23.9 Å². The molecule has 0 radical (unpaired) electrons. The molecule has 1 aliphatic rings. The molecule has 0 unspecified atom stereocenters. The van der Waals surface area contributed by atoms with Gasteiger partial charge in [0.05, 0.1) is 12.0 Å². The minimum absolute atomic E-state index is 0.0309. The fourth-order valence-electron chi connectivity index (χ4n) is 3.62. The minimum atomic E-state index is -0.0309. The van der Waals surface area contributed by atoms with Gasteiger partial charge in [-0.2, -0.15) is 0 Å². The van der Waals surface area contributed by atoms with Gasteiger partial charge in [0.1, 0.15) is 0 Å². The molecule has 1 aliphatic heterocycles. The largest absolute Gasteiger partial charge is 0.383 e. The first kappa shape index (κ1) is 18.2. The van der Waals surface area contributed by atoms with E-state index in [0.717, 1.165) is 11.3 Å². The van der Waals surface area contributed by atoms with E-state index < -0.39 is 0 Å². The Bertz CT molecular complexity index is 767. The second-order valence-corrected chi connectivity index (χ2v) is 7.38. The number of hydrogen-bond acceptors (Lipinski definition) is 2. The van der Waals surface area contributed by atoms with Gasteiger partial charge in [-0.05, 0) is 30.9 Å². The van der Waals surface area contributed by atoms with Gasteiger partial charge in [-0.15, -0.1) is 0 Å². The summed E-state index contributed by atoms with van der Waals surface area (Å²) in [5, 5.41) is 3.49. The molecule has 0 aromatic heterocycles. The summed E-state index contributed by atoms with van der Waals surface area (Å²) in [7, 11) is 0. The minimum Gasteiger partial charge on any atom is -0.383 e. The molecule has 136 valence electrons. The van der Waals surface area contributed by atoms with E-state index in [2.05, 4.69) is 57.3 Å². The molecule has 0 aliphatic carbocycles. The van der Waals surface area contributed by atoms with Crippen LogP contribution in [0.15, 0.2) is 72.6 Å². The summed E-state index contributed by atoms with van der Waals surface area (Å²) in [5.41, 5.74) is 3.48. The maximum Gasteiger partial charge on any atom is 0.236 e. The van der Waals surface area contributed by atoms with Gasteiger partial charge in [0, 0.05) is 17.9 Å². The van der Waals surface area contributed by atoms with E-state index in [9.17, 15) is 4.79 Å². The summed E-state index contributed by atoms with van der Waals surface area (Å²) >= 11 is 0. The van der Waals surface area contributed by atoms with Crippen LogP contribution in [0.25, 0.3) is 0 Å². The quantitative estimate of drug-likeness (QED) is 0.741. The lowest BCUT2D eigenvalue weighted by molar-refractivity contribution is -0.146. The molecule has 2 aromatic rings. The van der Waals surface area contributed by atoms with Crippen molar-refractivity contribution in [1.29, 1.82) is 0 Å². The van der Waals surface area contributed by atoms with Crippen LogP contribution < -0.4 is 5.32 Å². The fourth-order valence-corrected chi connectivity index (χ4v) is 3.62. The first-order valence-electron chi connectivity index (χ1n) is 9.39. The third kappa shape index (κ3) is 3.52. The van der Waals surface area contributed by atoms with Gasteiger partial charge >= 0.3 is 0 Å². The number of nitrogens with one attached hydrogen (secondary N) is 1. The van der Waals surface area contributed by atoms with Crippen LogP contribution in [0.2, 0.25) is 0 Å². The number of amides is 1. The van der Waals surface area contributed by atoms with E-state index in [1.807, 2.05) is 47.5 Å². The zero-order valence-electron chi connectivity index (χ0n) is 16.0. The molecule has 0 saturated carbocycles. The third-order valence-corrected chi connectivity index (χ3v) is 5.22. The molecule has 1 fully saturated rings. The summed E-state index contributed by atoms with van der Waals surface area (Å²) in [6, 6.07) is 20.8. The van der Waals surface area contributed by atoms with Crippen LogP contribution in [-0.4, -0.2) is 10.8 Å². The van der Waals surface area contributed by atoms with E-state index in [4.69, 9.17) is 0 Å². The zero-order chi connectivity index (χ0) is 18.7. The second kappa shape index (κ2) is 7.77. The van der Waals surface area contributed by atoms with Crippen LogP contribution in [0.5, 0.6) is 0 Å². The standard InChI is InChI=1S/C23H28N2O/c1-16(2)22-21(15-24-17(3)19-11-7-5-8-12-19)25(23(22)26)18(4)20-13-9-6-10-14-20/h5-18,22,24H,1-4H3/t17-,18-,22-/m0/s1. The average Bonchev–Trinajstić information content (AvgIpc) is 2.65. The summed E-state index contributed by atoms with van der Waals surface area (Å²) in [6.45, 7) is 8.46. The van der Waals surface area contributed by atoms with Gasteiger partial charge < -0.3 is 10.2 Å². The van der Waals surface area contributed by atoms with E-state index in [1.165, 1.54) is 5.56 Å². The van der Waals surface area contributed by atoms with Crippen LogP contribution in [-0.2, 0) is 4.79 Å². The monoisotopic (exact) mass is 348 g/mol. The number of carbonyl (C=O) groups excluding carboxylic acids is 1. The van der Waals surface area contributed by atoms with Gasteiger partial charge in [0.2, 0.25) is 5.91 Å². The Labute approximate surface area is 156 Å². The highest BCUT2D eigenvalue weighted by Gasteiger charge is 2.46. The topological polar surface area (TPSA) is 32.3 Å². The highest BCUT2D eigenvalue weighted by Crippen LogP contribution is 2.42. The molecule has 0 spiro atoms. The van der Waals surface area contributed by atoms with Crippen molar-refractivity contribution in [3.8, 4) is 0 Å². The van der Waals surface area contributed by atoms with Crippen LogP contribution in [0.4, 0.5) is 0 Å². The van der Waals surface area contributed by atoms with Crippen molar-refractivity contribution >= 4 is 5.91 Å². The fraction of sp³-hybridized carbons (Fsp3) is 0.348. The van der Waals surface area contributed by atoms with E-state index in [1.54, 1.807) is 0 Å². The normalized spacial score (nSPS) is 20.8. The Balaban J connectivity index is 1.81. The molecule has 26 heavy (non-hydrogen) atoms. The lowest BCUT2D eigenvalue weighted by Gasteiger charge is -2.47. The number of β-lactam (4-membered cyclic amide) rings is 1. The van der Waals surface area contributed by atoms with E-state index in [0.29, 0.717) is 5.92 Å². The van der Waals surface area contributed by atoms with Crippen molar-refractivity contribution in [2.24, 2.45) is 11.8 Å². The van der Waals surface area contributed by atoms with Gasteiger partial charge in [-0.1, -0.05) is 74.5 Å². The van der Waals surface area contributed by atoms with Crippen molar-refractivity contribution in [3.63, 3.8) is 0 Å². The Morgan fingerprint density at radius 3 is 1.96 bits per heavy atom. The molecule has 1 N–H and O–H groups in total. The predicted molar refractivity (Wildman–Crippen MR) is 106 cm³/mol. The summed E-state index contributed by atoms with van der Waals surface area (Å²) < 4.78 is 0. The maximum atomic E-state index is 12.8. The highest BCUT2D eigenvalue weighted by atomic mass is 16.2. The molecular weight excluding hydrogens is 320 g/mol. The maximum absolute atomic E-state index is 12.8.